The lowest BCUT2D eigenvalue weighted by Gasteiger charge is -2.39. The molecule has 0 saturated carbocycles. The lowest BCUT2D eigenvalue weighted by Crippen LogP contribution is -2.48. The summed E-state index contributed by atoms with van der Waals surface area (Å²) in [5.74, 6) is 0.212. The number of fused-ring (bicyclic) bond motifs is 5. The summed E-state index contributed by atoms with van der Waals surface area (Å²) in [6, 6.07) is 8.16. The van der Waals surface area contributed by atoms with Crippen molar-refractivity contribution < 1.29 is 19.1 Å². The van der Waals surface area contributed by atoms with Crippen LogP contribution >= 0.6 is 0 Å². The summed E-state index contributed by atoms with van der Waals surface area (Å²) in [7, 11) is 0. The molecule has 1 atom stereocenters. The van der Waals surface area contributed by atoms with E-state index in [2.05, 4.69) is 11.8 Å². The number of carbonyl (C=O) groups is 2. The van der Waals surface area contributed by atoms with Crippen molar-refractivity contribution in [2.24, 2.45) is 0 Å². The summed E-state index contributed by atoms with van der Waals surface area (Å²) in [6.07, 6.45) is 6.84. The fourth-order valence-corrected chi connectivity index (χ4v) is 7.63. The largest absolute Gasteiger partial charge is 0.460 e. The normalized spacial score (nSPS) is 22.2. The van der Waals surface area contributed by atoms with E-state index in [1.165, 1.54) is 32.4 Å². The van der Waals surface area contributed by atoms with Gasteiger partial charge in [-0.05, 0) is 93.9 Å². The number of rotatable bonds is 4. The number of hydrogen-bond acceptors (Lipinski definition) is 7. The molecule has 4 aliphatic rings. The fraction of sp³-hybridized carbons (Fsp3) is 0.529. The van der Waals surface area contributed by atoms with E-state index in [4.69, 9.17) is 14.5 Å². The van der Waals surface area contributed by atoms with Crippen LogP contribution in [0.1, 0.15) is 81.5 Å². The van der Waals surface area contributed by atoms with Gasteiger partial charge in [-0.1, -0.05) is 20.3 Å². The summed E-state index contributed by atoms with van der Waals surface area (Å²) < 4.78 is 13.1. The lowest BCUT2D eigenvalue weighted by molar-refractivity contribution is -0.153. The molecule has 1 unspecified atom stereocenters. The van der Waals surface area contributed by atoms with Crippen molar-refractivity contribution >= 4 is 23.0 Å². The number of aromatic nitrogens is 2. The molecule has 43 heavy (non-hydrogen) atoms. The van der Waals surface area contributed by atoms with Crippen molar-refractivity contribution in [3.8, 4) is 17.1 Å². The highest BCUT2D eigenvalue weighted by atomic mass is 16.6. The average molecular weight is 585 g/mol. The Morgan fingerprint density at radius 1 is 1.05 bits per heavy atom. The maximum atomic E-state index is 13.7. The Kier molecular flexibility index (Phi) is 7.03. The summed E-state index contributed by atoms with van der Waals surface area (Å²) in [4.78, 5) is 49.0. The lowest BCUT2D eigenvalue weighted by atomic mass is 9.76. The SMILES string of the molecule is CCc1c2c(nc3ccc(OC(=O)N4CCC(N5CCCCC5)CC4)cc13)-c1cc3c(c(=O)n1C2)COC(=O)C3(C)CC. The molecule has 9 nitrogen and oxygen atoms in total. The van der Waals surface area contributed by atoms with E-state index in [1.807, 2.05) is 36.9 Å². The van der Waals surface area contributed by atoms with Gasteiger partial charge in [-0.25, -0.2) is 9.78 Å². The highest BCUT2D eigenvalue weighted by Gasteiger charge is 2.43. The third kappa shape index (κ3) is 4.55. The van der Waals surface area contributed by atoms with Crippen molar-refractivity contribution in [2.75, 3.05) is 26.2 Å². The number of carbonyl (C=O) groups excluding carboxylic acids is 2. The van der Waals surface area contributed by atoms with Crippen molar-refractivity contribution in [2.45, 2.75) is 90.3 Å². The zero-order chi connectivity index (χ0) is 29.9. The van der Waals surface area contributed by atoms with Crippen molar-refractivity contribution in [3.05, 3.63) is 56.9 Å². The quantitative estimate of drug-likeness (QED) is 0.306. The molecule has 0 spiro atoms. The predicted octanol–water partition coefficient (Wildman–Crippen LogP) is 5.16. The highest BCUT2D eigenvalue weighted by Crippen LogP contribution is 2.41. The number of cyclic esters (lactones) is 1. The van der Waals surface area contributed by atoms with Gasteiger partial charge in [-0.2, -0.15) is 0 Å². The van der Waals surface area contributed by atoms with Gasteiger partial charge in [0.1, 0.15) is 12.4 Å². The Morgan fingerprint density at radius 3 is 2.53 bits per heavy atom. The molecule has 3 aromatic rings. The first-order valence-electron chi connectivity index (χ1n) is 15.9. The zero-order valence-electron chi connectivity index (χ0n) is 25.4. The highest BCUT2D eigenvalue weighted by molar-refractivity contribution is 5.90. The number of nitrogens with zero attached hydrogens (tertiary/aromatic N) is 4. The first kappa shape index (κ1) is 28.1. The Morgan fingerprint density at radius 2 is 1.81 bits per heavy atom. The molecule has 4 aliphatic heterocycles. The Labute approximate surface area is 251 Å². The molecule has 2 aromatic heterocycles. The van der Waals surface area contributed by atoms with Crippen molar-refractivity contribution in [3.63, 3.8) is 0 Å². The minimum atomic E-state index is -0.864. The molecule has 2 fully saturated rings. The summed E-state index contributed by atoms with van der Waals surface area (Å²) in [5, 5.41) is 0.929. The fourth-order valence-electron chi connectivity index (χ4n) is 7.63. The predicted molar refractivity (Wildman–Crippen MR) is 163 cm³/mol. The number of benzene rings is 1. The smallest absolute Gasteiger partial charge is 0.415 e. The van der Waals surface area contributed by atoms with Crippen LogP contribution in [0.25, 0.3) is 22.3 Å². The number of likely N-dealkylation sites (tertiary alicyclic amines) is 2. The molecule has 7 rings (SSSR count). The number of amides is 1. The summed E-state index contributed by atoms with van der Waals surface area (Å²) >= 11 is 0. The molecule has 9 heteroatoms. The van der Waals surface area contributed by atoms with E-state index in [0.717, 1.165) is 58.2 Å². The molecular formula is C34H40N4O5. The number of aryl methyl sites for hydroxylation is 1. The number of pyridine rings is 2. The second-order valence-corrected chi connectivity index (χ2v) is 12.7. The second kappa shape index (κ2) is 10.8. The molecule has 0 N–H and O–H groups in total. The van der Waals surface area contributed by atoms with Gasteiger partial charge in [0.2, 0.25) is 0 Å². The van der Waals surface area contributed by atoms with Crippen LogP contribution in [0.15, 0.2) is 29.1 Å². The first-order valence-corrected chi connectivity index (χ1v) is 15.9. The molecule has 1 aromatic carbocycles. The topological polar surface area (TPSA) is 94.0 Å². The van der Waals surface area contributed by atoms with Crippen molar-refractivity contribution in [1.82, 2.24) is 19.4 Å². The Balaban J connectivity index is 1.16. The number of ether oxygens (including phenoxy) is 2. The third-order valence-electron chi connectivity index (χ3n) is 10.4. The van der Waals surface area contributed by atoms with E-state index in [9.17, 15) is 14.4 Å². The van der Waals surface area contributed by atoms with Crippen LogP contribution in [0.2, 0.25) is 0 Å². The first-order chi connectivity index (χ1) is 20.8. The Bertz CT molecular complexity index is 1680. The van der Waals surface area contributed by atoms with E-state index >= 15 is 0 Å². The van der Waals surface area contributed by atoms with Crippen LogP contribution in [-0.2, 0) is 34.5 Å². The summed E-state index contributed by atoms with van der Waals surface area (Å²) in [6.45, 7) is 10.1. The minimum Gasteiger partial charge on any atom is -0.460 e. The van der Waals surface area contributed by atoms with Gasteiger partial charge in [-0.15, -0.1) is 0 Å². The maximum absolute atomic E-state index is 13.7. The molecule has 0 bridgehead atoms. The molecule has 226 valence electrons. The maximum Gasteiger partial charge on any atom is 0.415 e. The molecule has 0 radical (unpaired) electrons. The van der Waals surface area contributed by atoms with E-state index in [1.54, 1.807) is 10.6 Å². The van der Waals surface area contributed by atoms with Gasteiger partial charge in [0.05, 0.1) is 34.4 Å². The third-order valence-corrected chi connectivity index (χ3v) is 10.4. The molecule has 1 amide bonds. The van der Waals surface area contributed by atoms with Gasteiger partial charge in [0.25, 0.3) is 5.56 Å². The van der Waals surface area contributed by atoms with Gasteiger partial charge in [-0.3, -0.25) is 9.59 Å². The molecule has 2 saturated heterocycles. The van der Waals surface area contributed by atoms with Crippen LogP contribution in [-0.4, -0.2) is 63.6 Å². The average Bonchev–Trinajstić information content (AvgIpc) is 3.41. The number of esters is 1. The standard InChI is InChI=1S/C34H40N4O5/c1-4-23-24-17-22(43-33(41)37-15-11-21(12-16-37)36-13-7-6-8-14-36)9-10-28(24)35-30-25(23)19-38-29(30)18-27-26(31(38)39)20-42-32(40)34(27,3)5-2/h9-10,17-18,21H,4-8,11-16,19-20H2,1-3H3. The van der Waals surface area contributed by atoms with E-state index in [0.29, 0.717) is 43.4 Å². The number of hydrogen-bond donors (Lipinski definition) is 0. The molecular weight excluding hydrogens is 544 g/mol. The van der Waals surface area contributed by atoms with E-state index in [-0.39, 0.29) is 24.2 Å². The van der Waals surface area contributed by atoms with Crippen LogP contribution in [0, 0.1) is 0 Å². The van der Waals surface area contributed by atoms with Crippen molar-refractivity contribution in [1.29, 1.82) is 0 Å². The van der Waals surface area contributed by atoms with Gasteiger partial charge >= 0.3 is 12.1 Å². The minimum absolute atomic E-state index is 0.0000875. The monoisotopic (exact) mass is 584 g/mol. The Hall–Kier alpha value is -3.72. The van der Waals surface area contributed by atoms with Gasteiger partial charge in [0, 0.05) is 30.1 Å². The van der Waals surface area contributed by atoms with Gasteiger partial charge in [0.15, 0.2) is 0 Å². The van der Waals surface area contributed by atoms with Crippen LogP contribution in [0.5, 0.6) is 5.75 Å². The van der Waals surface area contributed by atoms with Crippen LogP contribution < -0.4 is 10.3 Å². The van der Waals surface area contributed by atoms with Gasteiger partial charge < -0.3 is 23.8 Å². The molecule has 6 heterocycles. The summed E-state index contributed by atoms with van der Waals surface area (Å²) in [5.41, 5.74) is 4.72. The molecule has 0 aliphatic carbocycles. The van der Waals surface area contributed by atoms with Crippen LogP contribution in [0.3, 0.4) is 0 Å². The van der Waals surface area contributed by atoms with E-state index < -0.39 is 5.41 Å². The second-order valence-electron chi connectivity index (χ2n) is 12.7. The zero-order valence-corrected chi connectivity index (χ0v) is 25.4. The van der Waals surface area contributed by atoms with Crippen LogP contribution in [0.4, 0.5) is 4.79 Å². The number of piperidine rings is 2.